The van der Waals surface area contributed by atoms with E-state index >= 15 is 0 Å². The molecule has 0 saturated heterocycles. The number of para-hydroxylation sites is 1. The van der Waals surface area contributed by atoms with E-state index in [1.54, 1.807) is 24.3 Å². The number of hydrogen-bond donors (Lipinski definition) is 2. The van der Waals surface area contributed by atoms with E-state index in [0.717, 1.165) is 30.0 Å². The number of benzene rings is 2. The molecule has 2 aromatic rings. The number of amides is 2. The summed E-state index contributed by atoms with van der Waals surface area (Å²) in [6.45, 7) is 0. The fraction of sp³-hybridized carbons (Fsp3) is 0.364. The van der Waals surface area contributed by atoms with Crippen LogP contribution in [0.3, 0.4) is 0 Å². The second kappa shape index (κ2) is 9.40. The van der Waals surface area contributed by atoms with Gasteiger partial charge in [0.15, 0.2) is 0 Å². The summed E-state index contributed by atoms with van der Waals surface area (Å²) in [7, 11) is -0.787. The summed E-state index contributed by atoms with van der Waals surface area (Å²) in [5.41, 5.74) is 0.964. The first-order valence-corrected chi connectivity index (χ1v) is 11.5. The second-order valence-corrected chi connectivity index (χ2v) is 9.78. The van der Waals surface area contributed by atoms with E-state index in [-0.39, 0.29) is 22.4 Å². The minimum absolute atomic E-state index is 0.0310. The standard InChI is InChI=1S/C22H27N3O4S/c1-25(2)30(28,29)18-12-8-9-16(15-18)21(26)24-20-14-7-6-13-19(20)22(27)23-17-10-4-3-5-11-17/h6-9,12-15,17H,3-5,10-11H2,1-2H3,(H,23,27)(H,24,26). The molecule has 0 bridgehead atoms. The van der Waals surface area contributed by atoms with Crippen molar-refractivity contribution >= 4 is 27.5 Å². The van der Waals surface area contributed by atoms with Crippen molar-refractivity contribution in [2.24, 2.45) is 0 Å². The zero-order valence-corrected chi connectivity index (χ0v) is 18.0. The average molecular weight is 430 g/mol. The van der Waals surface area contributed by atoms with E-state index in [1.807, 2.05) is 0 Å². The van der Waals surface area contributed by atoms with Crippen molar-refractivity contribution in [1.82, 2.24) is 9.62 Å². The number of anilines is 1. The summed E-state index contributed by atoms with van der Waals surface area (Å²) >= 11 is 0. The molecular weight excluding hydrogens is 402 g/mol. The highest BCUT2D eigenvalue weighted by Gasteiger charge is 2.21. The van der Waals surface area contributed by atoms with Gasteiger partial charge in [0.05, 0.1) is 16.1 Å². The lowest BCUT2D eigenvalue weighted by Crippen LogP contribution is -2.36. The minimum atomic E-state index is -3.65. The molecule has 160 valence electrons. The Hall–Kier alpha value is -2.71. The van der Waals surface area contributed by atoms with Crippen molar-refractivity contribution in [3.05, 3.63) is 59.7 Å². The zero-order valence-electron chi connectivity index (χ0n) is 17.2. The molecule has 1 saturated carbocycles. The number of rotatable bonds is 6. The predicted molar refractivity (Wildman–Crippen MR) is 116 cm³/mol. The lowest BCUT2D eigenvalue weighted by Gasteiger charge is -2.23. The molecule has 0 spiro atoms. The molecule has 2 amide bonds. The average Bonchev–Trinajstić information content (AvgIpc) is 2.74. The van der Waals surface area contributed by atoms with E-state index in [1.165, 1.54) is 44.8 Å². The van der Waals surface area contributed by atoms with Gasteiger partial charge in [-0.05, 0) is 43.2 Å². The van der Waals surface area contributed by atoms with Gasteiger partial charge >= 0.3 is 0 Å². The fourth-order valence-electron chi connectivity index (χ4n) is 3.50. The van der Waals surface area contributed by atoms with Crippen molar-refractivity contribution in [3.8, 4) is 0 Å². The first-order chi connectivity index (χ1) is 14.3. The first kappa shape index (κ1) is 22.0. The highest BCUT2D eigenvalue weighted by molar-refractivity contribution is 7.89. The molecule has 0 unspecified atom stereocenters. The Balaban J connectivity index is 1.79. The third kappa shape index (κ3) is 5.06. The summed E-state index contributed by atoms with van der Waals surface area (Å²) in [5, 5.41) is 5.80. The molecule has 7 nitrogen and oxygen atoms in total. The van der Waals surface area contributed by atoms with Crippen LogP contribution < -0.4 is 10.6 Å². The van der Waals surface area contributed by atoms with Crippen LogP contribution in [0.25, 0.3) is 0 Å². The number of carbonyl (C=O) groups is 2. The van der Waals surface area contributed by atoms with Crippen molar-refractivity contribution in [2.45, 2.75) is 43.0 Å². The minimum Gasteiger partial charge on any atom is -0.349 e. The molecule has 2 N–H and O–H groups in total. The number of nitrogens with zero attached hydrogens (tertiary/aromatic N) is 1. The summed E-state index contributed by atoms with van der Waals surface area (Å²) in [6, 6.07) is 12.8. The Morgan fingerprint density at radius 1 is 0.933 bits per heavy atom. The maximum atomic E-state index is 12.8. The largest absolute Gasteiger partial charge is 0.349 e. The SMILES string of the molecule is CN(C)S(=O)(=O)c1cccc(C(=O)Nc2ccccc2C(=O)NC2CCCCC2)c1. The van der Waals surface area contributed by atoms with Gasteiger partial charge in [-0.3, -0.25) is 9.59 Å². The normalized spacial score (nSPS) is 15.0. The number of hydrogen-bond acceptors (Lipinski definition) is 4. The Labute approximate surface area is 177 Å². The molecule has 0 atom stereocenters. The molecule has 8 heteroatoms. The van der Waals surface area contributed by atoms with E-state index in [9.17, 15) is 18.0 Å². The van der Waals surface area contributed by atoms with Crippen molar-refractivity contribution in [1.29, 1.82) is 0 Å². The predicted octanol–water partition coefficient (Wildman–Crippen LogP) is 3.25. The van der Waals surface area contributed by atoms with Gasteiger partial charge in [-0.25, -0.2) is 12.7 Å². The number of sulfonamides is 1. The van der Waals surface area contributed by atoms with E-state index in [0.29, 0.717) is 11.3 Å². The fourth-order valence-corrected chi connectivity index (χ4v) is 4.45. The van der Waals surface area contributed by atoms with E-state index < -0.39 is 15.9 Å². The number of nitrogens with one attached hydrogen (secondary N) is 2. The molecule has 30 heavy (non-hydrogen) atoms. The van der Waals surface area contributed by atoms with Gasteiger partial charge in [0, 0.05) is 25.7 Å². The van der Waals surface area contributed by atoms with Crippen LogP contribution in [0.4, 0.5) is 5.69 Å². The van der Waals surface area contributed by atoms with Gasteiger partial charge in [-0.1, -0.05) is 37.5 Å². The second-order valence-electron chi connectivity index (χ2n) is 7.62. The van der Waals surface area contributed by atoms with Crippen LogP contribution in [0.2, 0.25) is 0 Å². The molecule has 0 aliphatic heterocycles. The van der Waals surface area contributed by atoms with Crippen molar-refractivity contribution < 1.29 is 18.0 Å². The summed E-state index contributed by atoms with van der Waals surface area (Å²) < 4.78 is 25.8. The maximum Gasteiger partial charge on any atom is 0.255 e. The van der Waals surface area contributed by atoms with Crippen LogP contribution in [0.5, 0.6) is 0 Å². The Bertz CT molecular complexity index is 1030. The number of carbonyl (C=O) groups excluding carboxylic acids is 2. The molecule has 0 radical (unpaired) electrons. The Morgan fingerprint density at radius 2 is 1.63 bits per heavy atom. The molecule has 1 aliphatic rings. The van der Waals surface area contributed by atoms with Crippen molar-refractivity contribution in [3.63, 3.8) is 0 Å². The summed E-state index contributed by atoms with van der Waals surface area (Å²) in [5.74, 6) is -0.703. The molecule has 1 fully saturated rings. The highest BCUT2D eigenvalue weighted by atomic mass is 32.2. The smallest absolute Gasteiger partial charge is 0.255 e. The van der Waals surface area contributed by atoms with Crippen LogP contribution in [0.15, 0.2) is 53.4 Å². The van der Waals surface area contributed by atoms with Crippen LogP contribution in [-0.4, -0.2) is 44.7 Å². The molecule has 0 aromatic heterocycles. The quantitative estimate of drug-likeness (QED) is 0.737. The first-order valence-electron chi connectivity index (χ1n) is 10.0. The van der Waals surface area contributed by atoms with Gasteiger partial charge < -0.3 is 10.6 Å². The van der Waals surface area contributed by atoms with Gasteiger partial charge in [-0.15, -0.1) is 0 Å². The molecule has 3 rings (SSSR count). The maximum absolute atomic E-state index is 12.8. The Morgan fingerprint density at radius 3 is 2.33 bits per heavy atom. The summed E-state index contributed by atoms with van der Waals surface area (Å²) in [6.07, 6.45) is 5.34. The lowest BCUT2D eigenvalue weighted by atomic mass is 9.95. The zero-order chi connectivity index (χ0) is 21.7. The monoisotopic (exact) mass is 429 g/mol. The molecule has 1 aliphatic carbocycles. The highest BCUT2D eigenvalue weighted by Crippen LogP contribution is 2.21. The topological polar surface area (TPSA) is 95.6 Å². The lowest BCUT2D eigenvalue weighted by molar-refractivity contribution is 0.0928. The van der Waals surface area contributed by atoms with E-state index in [2.05, 4.69) is 10.6 Å². The van der Waals surface area contributed by atoms with Gasteiger partial charge in [0.2, 0.25) is 10.0 Å². The molecular formula is C22H27N3O4S. The van der Waals surface area contributed by atoms with Gasteiger partial charge in [0.25, 0.3) is 11.8 Å². The van der Waals surface area contributed by atoms with Crippen LogP contribution in [0.1, 0.15) is 52.8 Å². The van der Waals surface area contributed by atoms with Crippen LogP contribution >= 0.6 is 0 Å². The molecule has 2 aromatic carbocycles. The van der Waals surface area contributed by atoms with Crippen molar-refractivity contribution in [2.75, 3.05) is 19.4 Å². The van der Waals surface area contributed by atoms with Crippen LogP contribution in [-0.2, 0) is 10.0 Å². The van der Waals surface area contributed by atoms with Gasteiger partial charge in [0.1, 0.15) is 0 Å². The van der Waals surface area contributed by atoms with Crippen LogP contribution in [0, 0.1) is 0 Å². The third-order valence-electron chi connectivity index (χ3n) is 5.24. The molecule has 0 heterocycles. The summed E-state index contributed by atoms with van der Waals surface area (Å²) in [4.78, 5) is 25.6. The Kier molecular flexibility index (Phi) is 6.89. The van der Waals surface area contributed by atoms with E-state index in [4.69, 9.17) is 0 Å². The van der Waals surface area contributed by atoms with Gasteiger partial charge in [-0.2, -0.15) is 0 Å². The third-order valence-corrected chi connectivity index (χ3v) is 7.05.